The highest BCUT2D eigenvalue weighted by Gasteiger charge is 2.27. The van der Waals surface area contributed by atoms with Crippen LogP contribution in [0.4, 0.5) is 5.69 Å². The third-order valence-electron chi connectivity index (χ3n) is 3.32. The van der Waals surface area contributed by atoms with Crippen molar-refractivity contribution >= 4 is 27.1 Å². The first-order valence-electron chi connectivity index (χ1n) is 6.21. The molecule has 1 heterocycles. The van der Waals surface area contributed by atoms with Gasteiger partial charge >= 0.3 is 0 Å². The zero-order chi connectivity index (χ0) is 14.8. The van der Waals surface area contributed by atoms with Gasteiger partial charge in [0.15, 0.2) is 9.84 Å². The Balaban J connectivity index is 1.93. The van der Waals surface area contributed by atoms with E-state index in [1.807, 2.05) is 0 Å². The van der Waals surface area contributed by atoms with E-state index in [9.17, 15) is 18.5 Å². The number of nitrogens with one attached hydrogen (secondary N) is 1. The number of nitro groups is 1. The van der Waals surface area contributed by atoms with Gasteiger partial charge in [0.05, 0.1) is 16.4 Å². The average molecular weight is 319 g/mol. The number of hydrogen-bond acceptors (Lipinski definition) is 5. The highest BCUT2D eigenvalue weighted by atomic mass is 35.5. The molecular formula is C12H15ClN2O4S. The van der Waals surface area contributed by atoms with Gasteiger partial charge in [-0.1, -0.05) is 11.6 Å². The first-order chi connectivity index (χ1) is 9.37. The van der Waals surface area contributed by atoms with E-state index in [0.717, 1.165) is 0 Å². The number of nitro benzene ring substituents is 1. The van der Waals surface area contributed by atoms with Crippen molar-refractivity contribution in [3.05, 3.63) is 38.9 Å². The summed E-state index contributed by atoms with van der Waals surface area (Å²) in [4.78, 5) is 10.4. The molecule has 0 aromatic heterocycles. The molecule has 1 aliphatic heterocycles. The Kier molecular flexibility index (Phi) is 4.62. The van der Waals surface area contributed by atoms with E-state index in [0.29, 0.717) is 30.1 Å². The molecule has 0 saturated carbocycles. The lowest BCUT2D eigenvalue weighted by atomic mass is 10.1. The molecule has 1 fully saturated rings. The van der Waals surface area contributed by atoms with Gasteiger partial charge in [0, 0.05) is 23.2 Å². The highest BCUT2D eigenvalue weighted by Crippen LogP contribution is 2.23. The van der Waals surface area contributed by atoms with E-state index in [4.69, 9.17) is 11.6 Å². The van der Waals surface area contributed by atoms with Crippen LogP contribution in [0.5, 0.6) is 0 Å². The van der Waals surface area contributed by atoms with E-state index in [-0.39, 0.29) is 23.1 Å². The fourth-order valence-electron chi connectivity index (χ4n) is 2.30. The van der Waals surface area contributed by atoms with Crippen molar-refractivity contribution < 1.29 is 13.3 Å². The molecule has 1 saturated heterocycles. The van der Waals surface area contributed by atoms with E-state index in [1.54, 1.807) is 12.1 Å². The van der Waals surface area contributed by atoms with Gasteiger partial charge in [-0.25, -0.2) is 8.42 Å². The summed E-state index contributed by atoms with van der Waals surface area (Å²) in [6, 6.07) is 4.53. The minimum absolute atomic E-state index is 0.0240. The summed E-state index contributed by atoms with van der Waals surface area (Å²) < 4.78 is 22.6. The van der Waals surface area contributed by atoms with E-state index in [1.165, 1.54) is 6.07 Å². The molecule has 0 spiro atoms. The molecule has 20 heavy (non-hydrogen) atoms. The summed E-state index contributed by atoms with van der Waals surface area (Å²) in [6.45, 7) is 0.864. The first kappa shape index (κ1) is 15.2. The highest BCUT2D eigenvalue weighted by molar-refractivity contribution is 7.91. The summed E-state index contributed by atoms with van der Waals surface area (Å²) in [5, 5.41) is 14.3. The molecule has 8 heteroatoms. The standard InChI is InChI=1S/C12H15ClN2O4S/c13-11-2-1-10(12(5-11)15(16)17)7-14-6-9-3-4-20(18,19)8-9/h1-2,5,9,14H,3-4,6-8H2. The zero-order valence-corrected chi connectivity index (χ0v) is 12.3. The van der Waals surface area contributed by atoms with Crippen molar-refractivity contribution in [3.8, 4) is 0 Å². The maximum absolute atomic E-state index is 11.3. The fourth-order valence-corrected chi connectivity index (χ4v) is 4.33. The molecule has 1 unspecified atom stereocenters. The van der Waals surface area contributed by atoms with Gasteiger partial charge in [-0.15, -0.1) is 0 Å². The number of rotatable bonds is 5. The Morgan fingerprint density at radius 2 is 2.20 bits per heavy atom. The maximum atomic E-state index is 11.3. The predicted octanol–water partition coefficient (Wildman–Crippen LogP) is 1.77. The van der Waals surface area contributed by atoms with Gasteiger partial charge in [-0.2, -0.15) is 0 Å². The molecule has 0 radical (unpaired) electrons. The second-order valence-electron chi connectivity index (χ2n) is 4.93. The second kappa shape index (κ2) is 6.07. The van der Waals surface area contributed by atoms with Crippen molar-refractivity contribution in [2.75, 3.05) is 18.1 Å². The van der Waals surface area contributed by atoms with Gasteiger partial charge in [-0.3, -0.25) is 10.1 Å². The van der Waals surface area contributed by atoms with Crippen LogP contribution in [0.15, 0.2) is 18.2 Å². The third-order valence-corrected chi connectivity index (χ3v) is 5.39. The molecule has 1 N–H and O–H groups in total. The van der Waals surface area contributed by atoms with Gasteiger partial charge in [-0.05, 0) is 31.0 Å². The normalized spacial score (nSPS) is 20.9. The Morgan fingerprint density at radius 1 is 1.45 bits per heavy atom. The molecule has 0 amide bonds. The van der Waals surface area contributed by atoms with Gasteiger partial charge in [0.2, 0.25) is 0 Å². The van der Waals surface area contributed by atoms with Crippen LogP contribution in [0.3, 0.4) is 0 Å². The Morgan fingerprint density at radius 3 is 2.80 bits per heavy atom. The van der Waals surface area contributed by atoms with Crippen molar-refractivity contribution in [1.82, 2.24) is 5.32 Å². The molecular weight excluding hydrogens is 304 g/mol. The minimum atomic E-state index is -2.88. The van der Waals surface area contributed by atoms with Crippen LogP contribution in [-0.4, -0.2) is 31.4 Å². The van der Waals surface area contributed by atoms with Crippen LogP contribution in [0.1, 0.15) is 12.0 Å². The minimum Gasteiger partial charge on any atom is -0.312 e. The molecule has 6 nitrogen and oxygen atoms in total. The third kappa shape index (κ3) is 3.91. The van der Waals surface area contributed by atoms with Crippen LogP contribution in [0, 0.1) is 16.0 Å². The van der Waals surface area contributed by atoms with Gasteiger partial charge < -0.3 is 5.32 Å². The van der Waals surface area contributed by atoms with E-state index in [2.05, 4.69) is 5.32 Å². The SMILES string of the molecule is O=[N+]([O-])c1cc(Cl)ccc1CNCC1CCS(=O)(=O)C1. The van der Waals surface area contributed by atoms with Gasteiger partial charge in [0.1, 0.15) is 0 Å². The molecule has 110 valence electrons. The second-order valence-corrected chi connectivity index (χ2v) is 7.60. The van der Waals surface area contributed by atoms with Crippen LogP contribution in [-0.2, 0) is 16.4 Å². The topological polar surface area (TPSA) is 89.3 Å². The number of nitrogens with zero attached hydrogens (tertiary/aromatic N) is 1. The number of sulfone groups is 1. The van der Waals surface area contributed by atoms with Crippen molar-refractivity contribution in [2.24, 2.45) is 5.92 Å². The Bertz CT molecular complexity index is 618. The van der Waals surface area contributed by atoms with Crippen LogP contribution >= 0.6 is 11.6 Å². The summed E-state index contributed by atoms with van der Waals surface area (Å²) >= 11 is 5.74. The summed E-state index contributed by atoms with van der Waals surface area (Å²) in [5.41, 5.74) is 0.518. The Hall–Kier alpha value is -1.18. The average Bonchev–Trinajstić information content (AvgIpc) is 2.70. The largest absolute Gasteiger partial charge is 0.312 e. The fraction of sp³-hybridized carbons (Fsp3) is 0.500. The zero-order valence-electron chi connectivity index (χ0n) is 10.7. The molecule has 0 aliphatic carbocycles. The number of benzene rings is 1. The van der Waals surface area contributed by atoms with Crippen LogP contribution < -0.4 is 5.32 Å². The molecule has 0 bridgehead atoms. The Labute approximate surface area is 122 Å². The molecule has 1 aromatic rings. The molecule has 2 rings (SSSR count). The van der Waals surface area contributed by atoms with E-state index < -0.39 is 14.8 Å². The molecule has 1 atom stereocenters. The lowest BCUT2D eigenvalue weighted by Gasteiger charge is -2.10. The van der Waals surface area contributed by atoms with Crippen LogP contribution in [0.2, 0.25) is 5.02 Å². The predicted molar refractivity (Wildman–Crippen MR) is 76.6 cm³/mol. The maximum Gasteiger partial charge on any atom is 0.275 e. The lowest BCUT2D eigenvalue weighted by Crippen LogP contribution is -2.23. The van der Waals surface area contributed by atoms with Crippen LogP contribution in [0.25, 0.3) is 0 Å². The number of halogens is 1. The number of hydrogen-bond donors (Lipinski definition) is 1. The summed E-state index contributed by atoms with van der Waals surface area (Å²) in [7, 11) is -2.88. The summed E-state index contributed by atoms with van der Waals surface area (Å²) in [5.74, 6) is 0.523. The van der Waals surface area contributed by atoms with Crippen molar-refractivity contribution in [2.45, 2.75) is 13.0 Å². The lowest BCUT2D eigenvalue weighted by molar-refractivity contribution is -0.385. The van der Waals surface area contributed by atoms with Crippen molar-refractivity contribution in [1.29, 1.82) is 0 Å². The summed E-state index contributed by atoms with van der Waals surface area (Å²) in [6.07, 6.45) is 0.651. The monoisotopic (exact) mass is 318 g/mol. The molecule has 1 aliphatic rings. The van der Waals surface area contributed by atoms with E-state index >= 15 is 0 Å². The molecule has 1 aromatic carbocycles. The van der Waals surface area contributed by atoms with Crippen molar-refractivity contribution in [3.63, 3.8) is 0 Å². The first-order valence-corrected chi connectivity index (χ1v) is 8.41. The smallest absolute Gasteiger partial charge is 0.275 e. The van der Waals surface area contributed by atoms with Gasteiger partial charge in [0.25, 0.3) is 5.69 Å². The quantitative estimate of drug-likeness (QED) is 0.660.